The van der Waals surface area contributed by atoms with Gasteiger partial charge in [0.15, 0.2) is 12.2 Å². The van der Waals surface area contributed by atoms with Crippen molar-refractivity contribution in [2.75, 3.05) is 0 Å². The van der Waals surface area contributed by atoms with E-state index in [-0.39, 0.29) is 0 Å². The highest BCUT2D eigenvalue weighted by molar-refractivity contribution is 5.77. The molecule has 0 N–H and O–H groups in total. The van der Waals surface area contributed by atoms with Gasteiger partial charge in [-0.1, -0.05) is 6.08 Å². The summed E-state index contributed by atoms with van der Waals surface area (Å²) in [4.78, 5) is 4.06. The van der Waals surface area contributed by atoms with Crippen molar-refractivity contribution < 1.29 is 8.83 Å². The lowest BCUT2D eigenvalue weighted by atomic mass is 10.1. The maximum absolute atomic E-state index is 5.32. The molecule has 2 rings (SSSR count). The zero-order valence-corrected chi connectivity index (χ0v) is 8.15. The summed E-state index contributed by atoms with van der Waals surface area (Å²) in [5.41, 5.74) is 2.90. The van der Waals surface area contributed by atoms with Gasteiger partial charge in [0.25, 0.3) is 0 Å². The first-order chi connectivity index (χ1) is 6.83. The van der Waals surface area contributed by atoms with Gasteiger partial charge in [0, 0.05) is 11.1 Å². The second-order valence-corrected chi connectivity index (χ2v) is 2.98. The van der Waals surface area contributed by atoms with E-state index in [1.165, 1.54) is 6.39 Å². The van der Waals surface area contributed by atoms with Gasteiger partial charge in [-0.15, -0.1) is 0 Å². The highest BCUT2D eigenvalue weighted by atomic mass is 16.3. The van der Waals surface area contributed by atoms with Crippen LogP contribution in [0.5, 0.6) is 0 Å². The van der Waals surface area contributed by atoms with Crippen molar-refractivity contribution in [1.29, 1.82) is 0 Å². The number of allylic oxidation sites excluding steroid dienone is 1. The first-order valence-corrected chi connectivity index (χ1v) is 4.42. The molecule has 72 valence electrons. The SMILES string of the molecule is C/C=C(\c1ccoc1)c1ocnc1C. The van der Waals surface area contributed by atoms with E-state index in [0.717, 1.165) is 22.6 Å². The van der Waals surface area contributed by atoms with Crippen LogP contribution in [-0.4, -0.2) is 4.98 Å². The molecule has 0 unspecified atom stereocenters. The van der Waals surface area contributed by atoms with Crippen LogP contribution in [0.1, 0.15) is 23.9 Å². The molecule has 0 aliphatic carbocycles. The van der Waals surface area contributed by atoms with E-state index in [9.17, 15) is 0 Å². The van der Waals surface area contributed by atoms with Crippen LogP contribution >= 0.6 is 0 Å². The van der Waals surface area contributed by atoms with E-state index in [1.54, 1.807) is 12.5 Å². The minimum absolute atomic E-state index is 0.800. The van der Waals surface area contributed by atoms with Gasteiger partial charge in [0.2, 0.25) is 0 Å². The summed E-state index contributed by atoms with van der Waals surface area (Å²) in [6, 6.07) is 1.90. The predicted octanol–water partition coefficient (Wildman–Crippen LogP) is 3.03. The number of furan rings is 1. The van der Waals surface area contributed by atoms with E-state index >= 15 is 0 Å². The van der Waals surface area contributed by atoms with Gasteiger partial charge in [-0.25, -0.2) is 4.98 Å². The van der Waals surface area contributed by atoms with Gasteiger partial charge in [-0.05, 0) is 19.9 Å². The Morgan fingerprint density at radius 2 is 2.36 bits per heavy atom. The summed E-state index contributed by atoms with van der Waals surface area (Å²) in [7, 11) is 0. The van der Waals surface area contributed by atoms with E-state index in [4.69, 9.17) is 8.83 Å². The molecule has 0 radical (unpaired) electrons. The third-order valence-corrected chi connectivity index (χ3v) is 2.11. The van der Waals surface area contributed by atoms with Crippen molar-refractivity contribution in [2.45, 2.75) is 13.8 Å². The summed E-state index contributed by atoms with van der Waals surface area (Å²) in [6.45, 7) is 3.88. The van der Waals surface area contributed by atoms with Gasteiger partial charge < -0.3 is 8.83 Å². The summed E-state index contributed by atoms with van der Waals surface area (Å²) in [5, 5.41) is 0. The first-order valence-electron chi connectivity index (χ1n) is 4.42. The average molecular weight is 189 g/mol. The summed E-state index contributed by atoms with van der Waals surface area (Å²) >= 11 is 0. The van der Waals surface area contributed by atoms with E-state index in [2.05, 4.69) is 4.98 Å². The molecule has 3 heteroatoms. The molecule has 0 aliphatic rings. The standard InChI is InChI=1S/C11H11NO2/c1-3-10(9-4-5-13-6-9)11-8(2)12-7-14-11/h3-7H,1-2H3/b10-3+. The van der Waals surface area contributed by atoms with Gasteiger partial charge in [0.1, 0.15) is 0 Å². The average Bonchev–Trinajstić information content (AvgIpc) is 2.80. The molecule has 14 heavy (non-hydrogen) atoms. The van der Waals surface area contributed by atoms with Crippen molar-refractivity contribution in [3.63, 3.8) is 0 Å². The van der Waals surface area contributed by atoms with Crippen LogP contribution in [0.3, 0.4) is 0 Å². The number of hydrogen-bond donors (Lipinski definition) is 0. The zero-order valence-electron chi connectivity index (χ0n) is 8.15. The van der Waals surface area contributed by atoms with E-state index < -0.39 is 0 Å². The summed E-state index contributed by atoms with van der Waals surface area (Å²) in [6.07, 6.45) is 6.77. The van der Waals surface area contributed by atoms with Crippen molar-refractivity contribution in [3.05, 3.63) is 48.1 Å². The van der Waals surface area contributed by atoms with Gasteiger partial charge >= 0.3 is 0 Å². The van der Waals surface area contributed by atoms with Crippen LogP contribution in [0.15, 0.2) is 39.9 Å². The lowest BCUT2D eigenvalue weighted by Gasteiger charge is -1.99. The van der Waals surface area contributed by atoms with Crippen LogP contribution in [0.2, 0.25) is 0 Å². The van der Waals surface area contributed by atoms with Crippen LogP contribution in [0.25, 0.3) is 5.57 Å². The molecular formula is C11H11NO2. The van der Waals surface area contributed by atoms with Crippen LogP contribution in [0, 0.1) is 6.92 Å². The summed E-state index contributed by atoms with van der Waals surface area (Å²) < 4.78 is 10.4. The second kappa shape index (κ2) is 3.54. The molecule has 2 aromatic heterocycles. The minimum atomic E-state index is 0.800. The number of rotatable bonds is 2. The topological polar surface area (TPSA) is 39.2 Å². The fraction of sp³-hybridized carbons (Fsp3) is 0.182. The first kappa shape index (κ1) is 8.81. The molecule has 0 fully saturated rings. The van der Waals surface area contributed by atoms with Gasteiger partial charge in [-0.3, -0.25) is 0 Å². The highest BCUT2D eigenvalue weighted by Gasteiger charge is 2.11. The number of aryl methyl sites for hydroxylation is 1. The molecule has 0 saturated carbocycles. The van der Waals surface area contributed by atoms with Crippen LogP contribution in [0.4, 0.5) is 0 Å². The number of nitrogens with zero attached hydrogens (tertiary/aromatic N) is 1. The minimum Gasteiger partial charge on any atom is -0.472 e. The molecule has 0 spiro atoms. The van der Waals surface area contributed by atoms with Crippen molar-refractivity contribution in [1.82, 2.24) is 4.98 Å². The monoisotopic (exact) mass is 189 g/mol. The Bertz CT molecular complexity index is 438. The lowest BCUT2D eigenvalue weighted by Crippen LogP contribution is -1.85. The fourth-order valence-electron chi connectivity index (χ4n) is 1.41. The molecule has 2 heterocycles. The van der Waals surface area contributed by atoms with Crippen molar-refractivity contribution in [2.24, 2.45) is 0 Å². The van der Waals surface area contributed by atoms with Crippen LogP contribution in [-0.2, 0) is 0 Å². The normalized spacial score (nSPS) is 12.0. The third-order valence-electron chi connectivity index (χ3n) is 2.11. The molecule has 0 aliphatic heterocycles. The maximum Gasteiger partial charge on any atom is 0.181 e. The predicted molar refractivity (Wildman–Crippen MR) is 52.7 cm³/mol. The third kappa shape index (κ3) is 1.37. The molecule has 0 aromatic carbocycles. The van der Waals surface area contributed by atoms with Crippen LogP contribution < -0.4 is 0 Å². The Labute approximate surface area is 82.1 Å². The lowest BCUT2D eigenvalue weighted by molar-refractivity contribution is 0.542. The molecule has 0 amide bonds. The van der Waals surface area contributed by atoms with Crippen molar-refractivity contribution >= 4 is 5.57 Å². The highest BCUT2D eigenvalue weighted by Crippen LogP contribution is 2.25. The number of aromatic nitrogens is 1. The van der Waals surface area contributed by atoms with Gasteiger partial charge in [0.05, 0.1) is 18.2 Å². The number of hydrogen-bond acceptors (Lipinski definition) is 3. The molecule has 0 atom stereocenters. The second-order valence-electron chi connectivity index (χ2n) is 2.98. The molecule has 3 nitrogen and oxygen atoms in total. The largest absolute Gasteiger partial charge is 0.472 e. The zero-order chi connectivity index (χ0) is 9.97. The molecule has 0 saturated heterocycles. The Balaban J connectivity index is 2.47. The Kier molecular flexibility index (Phi) is 2.23. The Morgan fingerprint density at radius 1 is 1.50 bits per heavy atom. The van der Waals surface area contributed by atoms with Gasteiger partial charge in [-0.2, -0.15) is 0 Å². The quantitative estimate of drug-likeness (QED) is 0.728. The van der Waals surface area contributed by atoms with E-state index in [0.29, 0.717) is 0 Å². The molecule has 2 aromatic rings. The fourth-order valence-corrected chi connectivity index (χ4v) is 1.41. The maximum atomic E-state index is 5.32. The molecule has 0 bridgehead atoms. The Hall–Kier alpha value is -1.77. The van der Waals surface area contributed by atoms with Crippen molar-refractivity contribution in [3.8, 4) is 0 Å². The Morgan fingerprint density at radius 3 is 2.86 bits per heavy atom. The number of oxazole rings is 1. The van der Waals surface area contributed by atoms with E-state index in [1.807, 2.05) is 26.0 Å². The smallest absolute Gasteiger partial charge is 0.181 e. The summed E-state index contributed by atoms with van der Waals surface area (Å²) in [5.74, 6) is 0.800. The molecular weight excluding hydrogens is 178 g/mol.